The Hall–Kier alpha value is -1.69. The Balaban J connectivity index is 2.38. The summed E-state index contributed by atoms with van der Waals surface area (Å²) in [6.07, 6.45) is 0.919. The van der Waals surface area contributed by atoms with Gasteiger partial charge in [0.2, 0.25) is 0 Å². The van der Waals surface area contributed by atoms with Crippen molar-refractivity contribution in [3.8, 4) is 0 Å². The van der Waals surface area contributed by atoms with E-state index < -0.39 is 17.5 Å². The Bertz CT molecular complexity index is 473. The smallest absolute Gasteiger partial charge is 0.330 e. The Morgan fingerprint density at radius 2 is 2.21 bits per heavy atom. The first-order valence-electron chi connectivity index (χ1n) is 4.11. The fourth-order valence-electron chi connectivity index (χ4n) is 1.33. The van der Waals surface area contributed by atoms with Gasteiger partial charge in [-0.15, -0.1) is 0 Å². The van der Waals surface area contributed by atoms with Crippen LogP contribution in [0.4, 0.5) is 0 Å². The van der Waals surface area contributed by atoms with Gasteiger partial charge in [0.25, 0.3) is 5.56 Å². The number of carbonyl (C=O) groups excluding carboxylic acids is 1. The molecular weight excluding hydrogens is 188 g/mol. The second-order valence-electron chi connectivity index (χ2n) is 3.03. The molecule has 0 aliphatic carbocycles. The molecule has 74 valence electrons. The van der Waals surface area contributed by atoms with Crippen molar-refractivity contribution in [1.29, 1.82) is 0 Å². The zero-order valence-corrected chi connectivity index (χ0v) is 7.23. The maximum atomic E-state index is 11.2. The maximum Gasteiger partial charge on any atom is 0.330 e. The molecule has 0 aromatic carbocycles. The second-order valence-corrected chi connectivity index (χ2v) is 3.03. The summed E-state index contributed by atoms with van der Waals surface area (Å²) < 4.78 is 6.26. The van der Waals surface area contributed by atoms with E-state index in [-0.39, 0.29) is 18.8 Å². The average molecular weight is 196 g/mol. The Morgan fingerprint density at radius 3 is 2.79 bits per heavy atom. The van der Waals surface area contributed by atoms with Crippen LogP contribution in [0.1, 0.15) is 12.6 Å². The SMILES string of the molecule is O=C1COC(n2ccc(=O)[nH]c2=O)C1. The molecule has 2 rings (SSSR count). The monoisotopic (exact) mass is 196 g/mol. The third kappa shape index (κ3) is 1.51. The summed E-state index contributed by atoms with van der Waals surface area (Å²) in [5, 5.41) is 0. The number of nitrogens with zero attached hydrogens (tertiary/aromatic N) is 1. The lowest BCUT2D eigenvalue weighted by molar-refractivity contribution is -0.117. The van der Waals surface area contributed by atoms with Crippen molar-refractivity contribution >= 4 is 5.78 Å². The number of ketones is 1. The molecule has 0 radical (unpaired) electrons. The highest BCUT2D eigenvalue weighted by molar-refractivity contribution is 5.81. The van der Waals surface area contributed by atoms with Gasteiger partial charge in [-0.3, -0.25) is 19.1 Å². The molecule has 0 spiro atoms. The minimum absolute atomic E-state index is 0.0240. The average Bonchev–Trinajstić information content (AvgIpc) is 2.51. The van der Waals surface area contributed by atoms with E-state index in [2.05, 4.69) is 4.98 Å². The Kier molecular flexibility index (Phi) is 2.05. The summed E-state index contributed by atoms with van der Waals surface area (Å²) in [6.45, 7) is 0.0240. The highest BCUT2D eigenvalue weighted by Gasteiger charge is 2.24. The molecule has 0 amide bonds. The molecule has 1 aliphatic heterocycles. The van der Waals surface area contributed by atoms with E-state index in [1.807, 2.05) is 0 Å². The topological polar surface area (TPSA) is 81.2 Å². The molecule has 1 atom stereocenters. The van der Waals surface area contributed by atoms with E-state index in [9.17, 15) is 14.4 Å². The van der Waals surface area contributed by atoms with Crippen molar-refractivity contribution in [3.63, 3.8) is 0 Å². The van der Waals surface area contributed by atoms with Crippen LogP contribution in [-0.2, 0) is 9.53 Å². The number of Topliss-reactive ketones (excluding diaryl/α,β-unsaturated/α-hetero) is 1. The van der Waals surface area contributed by atoms with Crippen LogP contribution in [0.2, 0.25) is 0 Å². The van der Waals surface area contributed by atoms with Crippen LogP contribution < -0.4 is 11.2 Å². The summed E-state index contributed by atoms with van der Waals surface area (Å²) >= 11 is 0. The van der Waals surface area contributed by atoms with Crippen molar-refractivity contribution in [3.05, 3.63) is 33.1 Å². The number of H-pyrrole nitrogens is 1. The molecule has 6 nitrogen and oxygen atoms in total. The summed E-state index contributed by atoms with van der Waals surface area (Å²) in [6, 6.07) is 1.22. The van der Waals surface area contributed by atoms with Gasteiger partial charge < -0.3 is 4.74 Å². The molecule has 1 aromatic heterocycles. The number of hydrogen-bond acceptors (Lipinski definition) is 4. The maximum absolute atomic E-state index is 11.2. The Morgan fingerprint density at radius 1 is 1.43 bits per heavy atom. The summed E-state index contributed by atoms with van der Waals surface area (Å²) in [4.78, 5) is 35.0. The van der Waals surface area contributed by atoms with Crippen LogP contribution in [0, 0.1) is 0 Å². The van der Waals surface area contributed by atoms with Crippen molar-refractivity contribution in [1.82, 2.24) is 9.55 Å². The Labute approximate surface area is 78.1 Å². The lowest BCUT2D eigenvalue weighted by Crippen LogP contribution is -2.31. The number of carbonyl (C=O) groups is 1. The quantitative estimate of drug-likeness (QED) is 0.626. The molecule has 1 unspecified atom stereocenters. The number of nitrogens with one attached hydrogen (secondary N) is 1. The molecule has 1 fully saturated rings. The van der Waals surface area contributed by atoms with Crippen LogP contribution in [0.15, 0.2) is 21.9 Å². The first-order chi connectivity index (χ1) is 6.66. The van der Waals surface area contributed by atoms with E-state index >= 15 is 0 Å². The molecule has 1 saturated heterocycles. The number of rotatable bonds is 1. The van der Waals surface area contributed by atoms with Gasteiger partial charge in [-0.05, 0) is 0 Å². The van der Waals surface area contributed by atoms with Crippen LogP contribution in [-0.4, -0.2) is 21.9 Å². The molecule has 14 heavy (non-hydrogen) atoms. The summed E-state index contributed by atoms with van der Waals surface area (Å²) in [5.41, 5.74) is -1.02. The van der Waals surface area contributed by atoms with Gasteiger partial charge in [0.1, 0.15) is 12.8 Å². The number of hydrogen-bond donors (Lipinski definition) is 1. The largest absolute Gasteiger partial charge is 0.350 e. The number of ether oxygens (including phenoxy) is 1. The van der Waals surface area contributed by atoms with Gasteiger partial charge in [0.15, 0.2) is 5.78 Å². The summed E-state index contributed by atoms with van der Waals surface area (Å²) in [7, 11) is 0. The fraction of sp³-hybridized carbons (Fsp3) is 0.375. The molecule has 6 heteroatoms. The predicted molar refractivity (Wildman–Crippen MR) is 45.9 cm³/mol. The molecule has 0 saturated carbocycles. The molecule has 1 aromatic rings. The lowest BCUT2D eigenvalue weighted by atomic mass is 10.3. The van der Waals surface area contributed by atoms with E-state index in [0.29, 0.717) is 0 Å². The first kappa shape index (κ1) is 8.89. The van der Waals surface area contributed by atoms with E-state index in [0.717, 1.165) is 0 Å². The van der Waals surface area contributed by atoms with Crippen LogP contribution in [0.5, 0.6) is 0 Å². The zero-order chi connectivity index (χ0) is 10.1. The molecule has 0 bridgehead atoms. The minimum atomic E-state index is -0.577. The first-order valence-corrected chi connectivity index (χ1v) is 4.11. The fourth-order valence-corrected chi connectivity index (χ4v) is 1.33. The lowest BCUT2D eigenvalue weighted by Gasteiger charge is -2.10. The summed E-state index contributed by atoms with van der Waals surface area (Å²) in [5.74, 6) is -0.0481. The molecule has 2 heterocycles. The number of aromatic nitrogens is 2. The van der Waals surface area contributed by atoms with Gasteiger partial charge in [0.05, 0.1) is 6.42 Å². The number of aromatic amines is 1. The molecule has 1 N–H and O–H groups in total. The van der Waals surface area contributed by atoms with Gasteiger partial charge in [-0.25, -0.2) is 4.79 Å². The zero-order valence-electron chi connectivity index (χ0n) is 7.23. The van der Waals surface area contributed by atoms with Crippen molar-refractivity contribution < 1.29 is 9.53 Å². The van der Waals surface area contributed by atoms with E-state index in [1.54, 1.807) is 0 Å². The third-order valence-electron chi connectivity index (χ3n) is 2.00. The van der Waals surface area contributed by atoms with Gasteiger partial charge in [0, 0.05) is 12.3 Å². The van der Waals surface area contributed by atoms with Crippen molar-refractivity contribution in [2.45, 2.75) is 12.6 Å². The normalized spacial score (nSPS) is 21.4. The van der Waals surface area contributed by atoms with Crippen LogP contribution in [0.25, 0.3) is 0 Å². The highest BCUT2D eigenvalue weighted by atomic mass is 16.5. The molecular formula is C8H8N2O4. The minimum Gasteiger partial charge on any atom is -0.350 e. The van der Waals surface area contributed by atoms with Gasteiger partial charge in [-0.2, -0.15) is 0 Å². The predicted octanol–water partition coefficient (Wildman–Crippen LogP) is -0.975. The molecule has 1 aliphatic rings. The van der Waals surface area contributed by atoms with Gasteiger partial charge in [-0.1, -0.05) is 0 Å². The van der Waals surface area contributed by atoms with E-state index in [1.165, 1.54) is 16.8 Å². The highest BCUT2D eigenvalue weighted by Crippen LogP contribution is 2.17. The second kappa shape index (κ2) is 3.22. The van der Waals surface area contributed by atoms with E-state index in [4.69, 9.17) is 4.74 Å². The third-order valence-corrected chi connectivity index (χ3v) is 2.00. The van der Waals surface area contributed by atoms with Crippen molar-refractivity contribution in [2.24, 2.45) is 0 Å². The van der Waals surface area contributed by atoms with Crippen LogP contribution >= 0.6 is 0 Å². The van der Waals surface area contributed by atoms with Gasteiger partial charge >= 0.3 is 5.69 Å². The van der Waals surface area contributed by atoms with Crippen molar-refractivity contribution in [2.75, 3.05) is 6.61 Å². The standard InChI is InChI=1S/C8H8N2O4/c11-5-3-7(14-4-5)10-2-1-6(12)9-8(10)13/h1-2,7H,3-4H2,(H,9,12,13). The van der Waals surface area contributed by atoms with Crippen LogP contribution in [0.3, 0.4) is 0 Å².